The van der Waals surface area contributed by atoms with E-state index < -0.39 is 0 Å². The van der Waals surface area contributed by atoms with Crippen molar-refractivity contribution in [2.24, 2.45) is 0 Å². The average Bonchev–Trinajstić information content (AvgIpc) is 2.88. The molecular formula is C31H27NO2. The number of amides is 1. The number of fused-ring (bicyclic) bond motifs is 6. The highest BCUT2D eigenvalue weighted by Crippen LogP contribution is 2.37. The largest absolute Gasteiger partial charge is 0.497 e. The quantitative estimate of drug-likeness (QED) is 0.278. The maximum atomic E-state index is 13.0. The second-order valence-electron chi connectivity index (χ2n) is 9.23. The summed E-state index contributed by atoms with van der Waals surface area (Å²) in [5.74, 6) is 0.881. The molecule has 1 unspecified atom stereocenters. The van der Waals surface area contributed by atoms with Crippen LogP contribution >= 0.6 is 0 Å². The molecule has 168 valence electrons. The number of ether oxygens (including phenoxy) is 1. The van der Waals surface area contributed by atoms with Crippen LogP contribution in [0.15, 0.2) is 84.9 Å². The zero-order chi connectivity index (χ0) is 23.2. The van der Waals surface area contributed by atoms with Crippen LogP contribution in [0.4, 0.5) is 5.69 Å². The molecule has 3 heteroatoms. The Hall–Kier alpha value is -3.85. The molecule has 0 bridgehead atoms. The van der Waals surface area contributed by atoms with Crippen LogP contribution in [0.3, 0.4) is 0 Å². The first-order chi connectivity index (χ1) is 16.6. The fourth-order valence-corrected chi connectivity index (χ4v) is 5.77. The fourth-order valence-electron chi connectivity index (χ4n) is 5.77. The van der Waals surface area contributed by atoms with E-state index in [-0.39, 0.29) is 11.9 Å². The Balaban J connectivity index is 1.43. The average molecular weight is 446 g/mol. The minimum Gasteiger partial charge on any atom is -0.497 e. The molecule has 0 aromatic heterocycles. The van der Waals surface area contributed by atoms with Crippen LogP contribution in [0.25, 0.3) is 32.3 Å². The number of hydrogen-bond acceptors (Lipinski definition) is 2. The molecule has 5 aromatic rings. The summed E-state index contributed by atoms with van der Waals surface area (Å²) in [5.41, 5.74) is 3.75. The molecule has 34 heavy (non-hydrogen) atoms. The highest BCUT2D eigenvalue weighted by Gasteiger charge is 2.29. The van der Waals surface area contributed by atoms with E-state index >= 15 is 0 Å². The summed E-state index contributed by atoms with van der Waals surface area (Å²) in [6.07, 6.45) is 2.77. The van der Waals surface area contributed by atoms with Crippen LogP contribution in [-0.4, -0.2) is 19.1 Å². The summed E-state index contributed by atoms with van der Waals surface area (Å²) in [6, 6.07) is 30.0. The SMILES string of the molecule is COc1ccc2cccc(N(C(C)=O)C3CCc4c(ccc5c4ccc4ccccc45)C3)c2c1. The van der Waals surface area contributed by atoms with Gasteiger partial charge in [-0.3, -0.25) is 4.79 Å². The molecule has 0 saturated heterocycles. The molecule has 0 saturated carbocycles. The van der Waals surface area contributed by atoms with Crippen molar-refractivity contribution in [2.75, 3.05) is 12.0 Å². The van der Waals surface area contributed by atoms with Crippen LogP contribution in [0.1, 0.15) is 24.5 Å². The molecule has 0 spiro atoms. The van der Waals surface area contributed by atoms with Crippen molar-refractivity contribution in [1.82, 2.24) is 0 Å². The van der Waals surface area contributed by atoms with Gasteiger partial charge in [0.15, 0.2) is 0 Å². The van der Waals surface area contributed by atoms with Crippen LogP contribution in [0, 0.1) is 0 Å². The van der Waals surface area contributed by atoms with E-state index in [0.717, 1.165) is 41.5 Å². The lowest BCUT2D eigenvalue weighted by Gasteiger charge is -2.36. The number of methoxy groups -OCH3 is 1. The standard InChI is InChI=1S/C31H27NO2/c1-20(33)32(31-9-5-7-22-10-14-25(34-2)19-30(22)31)24-13-17-27-23(18-24)12-16-28-26-8-4-3-6-21(26)11-15-29(27)28/h3-12,14-16,19,24H,13,17-18H2,1-2H3. The molecule has 1 amide bonds. The topological polar surface area (TPSA) is 29.5 Å². The predicted octanol–water partition coefficient (Wildman–Crippen LogP) is 7.07. The maximum absolute atomic E-state index is 13.0. The number of anilines is 1. The maximum Gasteiger partial charge on any atom is 0.224 e. The number of nitrogens with zero attached hydrogens (tertiary/aromatic N) is 1. The van der Waals surface area contributed by atoms with Gasteiger partial charge in [0.2, 0.25) is 5.91 Å². The first kappa shape index (κ1) is 20.7. The third-order valence-electron chi connectivity index (χ3n) is 7.35. The summed E-state index contributed by atoms with van der Waals surface area (Å²) < 4.78 is 5.48. The number of carbonyl (C=O) groups is 1. The normalized spacial score (nSPS) is 15.4. The number of aryl methyl sites for hydroxylation is 1. The monoisotopic (exact) mass is 445 g/mol. The Bertz CT molecular complexity index is 1570. The Morgan fingerprint density at radius 3 is 2.44 bits per heavy atom. The number of benzene rings is 5. The molecule has 3 nitrogen and oxygen atoms in total. The molecule has 0 fully saturated rings. The van der Waals surface area contributed by atoms with Gasteiger partial charge in [-0.05, 0) is 75.5 Å². The molecule has 6 rings (SSSR count). The van der Waals surface area contributed by atoms with Gasteiger partial charge in [-0.1, -0.05) is 66.7 Å². The zero-order valence-corrected chi connectivity index (χ0v) is 19.5. The molecular weight excluding hydrogens is 418 g/mol. The zero-order valence-electron chi connectivity index (χ0n) is 19.5. The van der Waals surface area contributed by atoms with Gasteiger partial charge in [-0.15, -0.1) is 0 Å². The van der Waals surface area contributed by atoms with Crippen molar-refractivity contribution in [3.8, 4) is 5.75 Å². The van der Waals surface area contributed by atoms with E-state index in [1.165, 1.54) is 32.7 Å². The lowest BCUT2D eigenvalue weighted by molar-refractivity contribution is -0.117. The summed E-state index contributed by atoms with van der Waals surface area (Å²) in [4.78, 5) is 15.0. The Morgan fingerprint density at radius 2 is 1.59 bits per heavy atom. The minimum absolute atomic E-state index is 0.0792. The van der Waals surface area contributed by atoms with Crippen molar-refractivity contribution < 1.29 is 9.53 Å². The van der Waals surface area contributed by atoms with E-state index in [1.54, 1.807) is 14.0 Å². The summed E-state index contributed by atoms with van der Waals surface area (Å²) in [5, 5.41) is 7.41. The summed E-state index contributed by atoms with van der Waals surface area (Å²) in [6.45, 7) is 1.68. The third kappa shape index (κ3) is 3.31. The van der Waals surface area contributed by atoms with Gasteiger partial charge in [-0.25, -0.2) is 0 Å². The van der Waals surface area contributed by atoms with E-state index in [0.29, 0.717) is 0 Å². The van der Waals surface area contributed by atoms with Gasteiger partial charge in [0.05, 0.1) is 12.8 Å². The van der Waals surface area contributed by atoms with E-state index in [4.69, 9.17) is 4.74 Å². The number of carbonyl (C=O) groups excluding carboxylic acids is 1. The number of rotatable bonds is 3. The van der Waals surface area contributed by atoms with E-state index in [9.17, 15) is 4.79 Å². The Kier molecular flexibility index (Phi) is 4.99. The molecule has 0 aliphatic heterocycles. The van der Waals surface area contributed by atoms with Crippen molar-refractivity contribution >= 4 is 43.9 Å². The van der Waals surface area contributed by atoms with Crippen LogP contribution in [0.5, 0.6) is 5.75 Å². The number of hydrogen-bond donors (Lipinski definition) is 0. The van der Waals surface area contributed by atoms with Crippen molar-refractivity contribution in [2.45, 2.75) is 32.2 Å². The first-order valence-corrected chi connectivity index (χ1v) is 11.9. The molecule has 0 heterocycles. The fraction of sp³-hybridized carbons (Fsp3) is 0.194. The van der Waals surface area contributed by atoms with Gasteiger partial charge in [-0.2, -0.15) is 0 Å². The van der Waals surface area contributed by atoms with Crippen LogP contribution in [-0.2, 0) is 17.6 Å². The second kappa shape index (κ2) is 8.18. The molecule has 0 radical (unpaired) electrons. The first-order valence-electron chi connectivity index (χ1n) is 11.9. The highest BCUT2D eigenvalue weighted by atomic mass is 16.5. The summed E-state index contributed by atoms with van der Waals surface area (Å²) in [7, 11) is 1.68. The van der Waals surface area contributed by atoms with Gasteiger partial charge in [0, 0.05) is 18.4 Å². The third-order valence-corrected chi connectivity index (χ3v) is 7.35. The van der Waals surface area contributed by atoms with Crippen molar-refractivity contribution in [1.29, 1.82) is 0 Å². The minimum atomic E-state index is 0.0792. The van der Waals surface area contributed by atoms with Crippen LogP contribution in [0.2, 0.25) is 0 Å². The van der Waals surface area contributed by atoms with Gasteiger partial charge < -0.3 is 9.64 Å². The highest BCUT2D eigenvalue weighted by molar-refractivity contribution is 6.09. The molecule has 5 aromatic carbocycles. The predicted molar refractivity (Wildman–Crippen MR) is 141 cm³/mol. The lowest BCUT2D eigenvalue weighted by Crippen LogP contribution is -2.42. The lowest BCUT2D eigenvalue weighted by atomic mass is 9.83. The van der Waals surface area contributed by atoms with E-state index in [2.05, 4.69) is 66.7 Å². The Morgan fingerprint density at radius 1 is 0.824 bits per heavy atom. The summed E-state index contributed by atoms with van der Waals surface area (Å²) >= 11 is 0. The van der Waals surface area contributed by atoms with Crippen molar-refractivity contribution in [3.63, 3.8) is 0 Å². The smallest absolute Gasteiger partial charge is 0.224 e. The van der Waals surface area contributed by atoms with Crippen molar-refractivity contribution in [3.05, 3.63) is 96.1 Å². The van der Waals surface area contributed by atoms with Gasteiger partial charge in [0.25, 0.3) is 0 Å². The molecule has 1 aliphatic rings. The second-order valence-corrected chi connectivity index (χ2v) is 9.23. The Labute approximate surface area is 199 Å². The van der Waals surface area contributed by atoms with Gasteiger partial charge >= 0.3 is 0 Å². The molecule has 0 N–H and O–H groups in total. The molecule has 1 atom stereocenters. The van der Waals surface area contributed by atoms with E-state index in [1.807, 2.05) is 23.1 Å². The van der Waals surface area contributed by atoms with Crippen LogP contribution < -0.4 is 9.64 Å². The molecule has 1 aliphatic carbocycles. The van der Waals surface area contributed by atoms with Gasteiger partial charge in [0.1, 0.15) is 5.75 Å².